The van der Waals surface area contributed by atoms with Gasteiger partial charge in [0.1, 0.15) is 0 Å². The van der Waals surface area contributed by atoms with Crippen molar-refractivity contribution in [2.24, 2.45) is 0 Å². The Hall–Kier alpha value is -1.84. The fourth-order valence-electron chi connectivity index (χ4n) is 2.71. The zero-order valence-electron chi connectivity index (χ0n) is 14.6. The van der Waals surface area contributed by atoms with E-state index in [1.165, 1.54) is 0 Å². The molecule has 0 unspecified atom stereocenters. The molecule has 2 aromatic rings. The van der Waals surface area contributed by atoms with Crippen molar-refractivity contribution >= 4 is 40.5 Å². The van der Waals surface area contributed by atoms with Crippen molar-refractivity contribution in [2.75, 3.05) is 5.32 Å². The van der Waals surface area contributed by atoms with Gasteiger partial charge in [0, 0.05) is 11.3 Å². The number of halogens is 2. The molecule has 1 amide bonds. The monoisotopic (exact) mass is 376 g/mol. The average Bonchev–Trinajstić information content (AvgIpc) is 3.41. The van der Waals surface area contributed by atoms with Crippen LogP contribution in [-0.4, -0.2) is 11.6 Å². The fourth-order valence-corrected chi connectivity index (χ4v) is 3.29. The highest BCUT2D eigenvalue weighted by atomic mass is 35.5. The predicted octanol–water partition coefficient (Wildman–Crippen LogP) is 6.54. The van der Waals surface area contributed by atoms with Crippen molar-refractivity contribution in [3.63, 3.8) is 0 Å². The number of rotatable bonds is 4. The molecular formula is C20H22Cl2N2O. The molecule has 0 aliphatic heterocycles. The molecule has 0 saturated heterocycles. The van der Waals surface area contributed by atoms with Crippen LogP contribution in [0.15, 0.2) is 36.4 Å². The molecule has 2 aromatic carbocycles. The first-order valence-electron chi connectivity index (χ1n) is 8.43. The van der Waals surface area contributed by atoms with Crippen molar-refractivity contribution in [1.29, 1.82) is 5.41 Å². The number of carbonyl (C=O) groups excluding carboxylic acids is 1. The summed E-state index contributed by atoms with van der Waals surface area (Å²) in [5.74, 6) is 0.153. The summed E-state index contributed by atoms with van der Waals surface area (Å²) in [5, 5.41) is 11.6. The van der Waals surface area contributed by atoms with Crippen LogP contribution in [0.1, 0.15) is 61.0 Å². The van der Waals surface area contributed by atoms with E-state index in [0.29, 0.717) is 38.5 Å². The van der Waals surface area contributed by atoms with Crippen molar-refractivity contribution in [2.45, 2.75) is 39.5 Å². The summed E-state index contributed by atoms with van der Waals surface area (Å²) in [5.41, 5.74) is 2.86. The standard InChI is InChI=1S/C18H16Cl2N2O.C2H6/c1-10(21)16-13(19)6-3-7-15(16)22-18(23)17-12(11-8-9-11)4-2-5-14(17)20;1-2/h2-7,11,21H,8-9H2,1H3,(H,22,23);1-2H3. The highest BCUT2D eigenvalue weighted by molar-refractivity contribution is 6.36. The molecule has 0 spiro atoms. The van der Waals surface area contributed by atoms with E-state index < -0.39 is 0 Å². The van der Waals surface area contributed by atoms with Crippen LogP contribution in [0, 0.1) is 5.41 Å². The summed E-state index contributed by atoms with van der Waals surface area (Å²) in [4.78, 5) is 12.8. The number of nitrogens with one attached hydrogen (secondary N) is 2. The molecule has 3 rings (SSSR count). The predicted molar refractivity (Wildman–Crippen MR) is 107 cm³/mol. The number of hydrogen-bond donors (Lipinski definition) is 2. The molecule has 25 heavy (non-hydrogen) atoms. The van der Waals surface area contributed by atoms with E-state index in [4.69, 9.17) is 28.6 Å². The van der Waals surface area contributed by atoms with Gasteiger partial charge in [0.2, 0.25) is 0 Å². The molecule has 1 saturated carbocycles. The smallest absolute Gasteiger partial charge is 0.257 e. The van der Waals surface area contributed by atoms with E-state index in [1.807, 2.05) is 26.0 Å². The third-order valence-corrected chi connectivity index (χ3v) is 4.56. The van der Waals surface area contributed by atoms with Gasteiger partial charge in [-0.25, -0.2) is 0 Å². The zero-order valence-corrected chi connectivity index (χ0v) is 16.1. The molecule has 0 radical (unpaired) electrons. The summed E-state index contributed by atoms with van der Waals surface area (Å²) in [7, 11) is 0. The molecule has 0 aromatic heterocycles. The normalized spacial score (nSPS) is 12.8. The average molecular weight is 377 g/mol. The van der Waals surface area contributed by atoms with Gasteiger partial charge in [0.15, 0.2) is 0 Å². The summed E-state index contributed by atoms with van der Waals surface area (Å²) in [6.07, 6.45) is 2.17. The Kier molecular flexibility index (Phi) is 6.63. The molecule has 132 valence electrons. The van der Waals surface area contributed by atoms with Crippen LogP contribution in [-0.2, 0) is 0 Å². The third kappa shape index (κ3) is 4.42. The van der Waals surface area contributed by atoms with E-state index in [1.54, 1.807) is 31.2 Å². The lowest BCUT2D eigenvalue weighted by molar-refractivity contribution is 0.102. The summed E-state index contributed by atoms with van der Waals surface area (Å²) in [6, 6.07) is 10.8. The Morgan fingerprint density at radius 3 is 2.16 bits per heavy atom. The number of carbonyl (C=O) groups is 1. The second-order valence-electron chi connectivity index (χ2n) is 5.72. The maximum atomic E-state index is 12.8. The van der Waals surface area contributed by atoms with Gasteiger partial charge in [-0.2, -0.15) is 0 Å². The Morgan fingerprint density at radius 2 is 1.60 bits per heavy atom. The van der Waals surface area contributed by atoms with Gasteiger partial charge in [-0.15, -0.1) is 0 Å². The summed E-state index contributed by atoms with van der Waals surface area (Å²) >= 11 is 12.4. The first-order valence-corrected chi connectivity index (χ1v) is 9.18. The minimum absolute atomic E-state index is 0.262. The van der Waals surface area contributed by atoms with Crippen LogP contribution in [0.2, 0.25) is 10.0 Å². The van der Waals surface area contributed by atoms with Crippen LogP contribution in [0.4, 0.5) is 5.69 Å². The van der Waals surface area contributed by atoms with Crippen molar-refractivity contribution in [3.8, 4) is 0 Å². The van der Waals surface area contributed by atoms with Crippen LogP contribution < -0.4 is 5.32 Å². The molecule has 0 atom stereocenters. The lowest BCUT2D eigenvalue weighted by Crippen LogP contribution is -2.17. The van der Waals surface area contributed by atoms with Crippen LogP contribution >= 0.6 is 23.2 Å². The molecular weight excluding hydrogens is 355 g/mol. The Labute approximate surface area is 158 Å². The zero-order chi connectivity index (χ0) is 18.6. The maximum Gasteiger partial charge on any atom is 0.257 e. The number of anilines is 1. The van der Waals surface area contributed by atoms with Crippen molar-refractivity contribution < 1.29 is 4.79 Å². The Morgan fingerprint density at radius 1 is 1.04 bits per heavy atom. The van der Waals surface area contributed by atoms with Crippen LogP contribution in [0.3, 0.4) is 0 Å². The molecule has 2 N–H and O–H groups in total. The van der Waals surface area contributed by atoms with Crippen molar-refractivity contribution in [1.82, 2.24) is 0 Å². The fraction of sp³-hybridized carbons (Fsp3) is 0.300. The van der Waals surface area contributed by atoms with E-state index in [9.17, 15) is 4.79 Å². The molecule has 0 bridgehead atoms. The summed E-state index contributed by atoms with van der Waals surface area (Å²) < 4.78 is 0. The second-order valence-corrected chi connectivity index (χ2v) is 6.53. The maximum absolute atomic E-state index is 12.8. The summed E-state index contributed by atoms with van der Waals surface area (Å²) in [6.45, 7) is 5.64. The Bertz CT molecular complexity index is 798. The lowest BCUT2D eigenvalue weighted by Gasteiger charge is -2.14. The van der Waals surface area contributed by atoms with Crippen LogP contribution in [0.25, 0.3) is 0 Å². The lowest BCUT2D eigenvalue weighted by atomic mass is 10.0. The van der Waals surface area contributed by atoms with Gasteiger partial charge in [-0.3, -0.25) is 4.79 Å². The minimum Gasteiger partial charge on any atom is -0.321 e. The number of hydrogen-bond acceptors (Lipinski definition) is 2. The number of amides is 1. The Balaban J connectivity index is 0.00000109. The van der Waals surface area contributed by atoms with E-state index in [0.717, 1.165) is 18.4 Å². The first-order chi connectivity index (χ1) is 12.0. The molecule has 5 heteroatoms. The molecule has 1 fully saturated rings. The first kappa shape index (κ1) is 19.5. The molecule has 1 aliphatic rings. The van der Waals surface area contributed by atoms with Gasteiger partial charge in [0.25, 0.3) is 5.91 Å². The van der Waals surface area contributed by atoms with Crippen molar-refractivity contribution in [3.05, 3.63) is 63.1 Å². The quantitative estimate of drug-likeness (QED) is 0.584. The molecule has 3 nitrogen and oxygen atoms in total. The van der Waals surface area contributed by atoms with Gasteiger partial charge < -0.3 is 10.7 Å². The largest absolute Gasteiger partial charge is 0.321 e. The third-order valence-electron chi connectivity index (χ3n) is 3.93. The topological polar surface area (TPSA) is 53.0 Å². The SMILES string of the molecule is CC.CC(=N)c1c(Cl)cccc1NC(=O)c1c(Cl)cccc1C1CC1. The highest BCUT2D eigenvalue weighted by Gasteiger charge is 2.29. The van der Waals surface area contributed by atoms with E-state index in [-0.39, 0.29) is 5.91 Å². The van der Waals surface area contributed by atoms with Gasteiger partial charge in [-0.1, -0.05) is 55.2 Å². The van der Waals surface area contributed by atoms with E-state index in [2.05, 4.69) is 5.32 Å². The molecule has 1 aliphatic carbocycles. The van der Waals surface area contributed by atoms with Gasteiger partial charge >= 0.3 is 0 Å². The number of benzene rings is 2. The van der Waals surface area contributed by atoms with Gasteiger partial charge in [-0.05, 0) is 49.4 Å². The molecule has 0 heterocycles. The van der Waals surface area contributed by atoms with Crippen LogP contribution in [0.5, 0.6) is 0 Å². The second kappa shape index (κ2) is 8.50. The van der Waals surface area contributed by atoms with E-state index >= 15 is 0 Å². The minimum atomic E-state index is -0.262. The highest BCUT2D eigenvalue weighted by Crippen LogP contribution is 2.43. The van der Waals surface area contributed by atoms with Gasteiger partial charge in [0.05, 0.1) is 21.3 Å².